The first kappa shape index (κ1) is 32.3. The first-order valence-corrected chi connectivity index (χ1v) is 6.86. The van der Waals surface area contributed by atoms with Gasteiger partial charge in [0.15, 0.2) is 0 Å². The molecule has 0 amide bonds. The van der Waals surface area contributed by atoms with Gasteiger partial charge in [-0.2, -0.15) is 0 Å². The van der Waals surface area contributed by atoms with Crippen molar-refractivity contribution in [1.82, 2.24) is 0 Å². The van der Waals surface area contributed by atoms with Gasteiger partial charge in [0.2, 0.25) is 0 Å². The summed E-state index contributed by atoms with van der Waals surface area (Å²) in [7, 11) is 0. The normalized spacial score (nSPS) is 10.7. The van der Waals surface area contributed by atoms with Crippen LogP contribution in [0.2, 0.25) is 0 Å². The summed E-state index contributed by atoms with van der Waals surface area (Å²) >= 11 is 0. The van der Waals surface area contributed by atoms with Crippen LogP contribution < -0.4 is 22.9 Å². The highest BCUT2D eigenvalue weighted by Crippen LogP contribution is 1.86. The van der Waals surface area contributed by atoms with E-state index in [-0.39, 0.29) is 13.1 Å². The van der Waals surface area contributed by atoms with Crippen molar-refractivity contribution < 1.29 is 59.4 Å². The van der Waals surface area contributed by atoms with Crippen molar-refractivity contribution in [2.75, 3.05) is 13.1 Å². The maximum atomic E-state index is 9.85. The summed E-state index contributed by atoms with van der Waals surface area (Å²) < 4.78 is 0. The standard InChI is InChI=1S/2C4H7NO4.2C2H5NO2/c2*5-2(4(8)9)1-3(6)7;2*3-1-2(4)5/h2*2H,1,5H2,(H,6,7)(H,8,9);2*1,3H2,(H,4,5). The van der Waals surface area contributed by atoms with Crippen LogP contribution in [0.1, 0.15) is 12.8 Å². The Morgan fingerprint density at radius 2 is 0.714 bits per heavy atom. The number of aliphatic carboxylic acids is 6. The average Bonchev–Trinajstić information content (AvgIpc) is 2.55. The van der Waals surface area contributed by atoms with Gasteiger partial charge < -0.3 is 53.6 Å². The number of carbonyl (C=O) groups is 6. The Labute approximate surface area is 157 Å². The molecule has 0 aromatic rings. The second-order valence-corrected chi connectivity index (χ2v) is 4.28. The monoisotopic (exact) mass is 416 g/mol. The van der Waals surface area contributed by atoms with Gasteiger partial charge in [0.05, 0.1) is 25.9 Å². The third-order valence-electron chi connectivity index (χ3n) is 1.77. The molecule has 0 bridgehead atoms. The minimum atomic E-state index is -1.29. The molecule has 2 atom stereocenters. The molecule has 0 aliphatic heterocycles. The zero-order chi connectivity index (χ0) is 23.4. The summed E-state index contributed by atoms with van der Waals surface area (Å²) in [6.07, 6.45) is -1.06. The highest BCUT2D eigenvalue weighted by molar-refractivity contribution is 5.80. The van der Waals surface area contributed by atoms with Crippen molar-refractivity contribution in [3.8, 4) is 0 Å². The Hall–Kier alpha value is -3.34. The Bertz CT molecular complexity index is 479. The summed E-state index contributed by atoms with van der Waals surface area (Å²) in [6.45, 7) is -0.556. The number of hydrogen-bond donors (Lipinski definition) is 10. The lowest BCUT2D eigenvalue weighted by Crippen LogP contribution is -2.32. The summed E-state index contributed by atoms with van der Waals surface area (Å²) in [6, 6.07) is -2.58. The van der Waals surface area contributed by atoms with Crippen LogP contribution in [0.15, 0.2) is 0 Å². The van der Waals surface area contributed by atoms with E-state index < -0.39 is 60.7 Å². The van der Waals surface area contributed by atoms with E-state index in [0.29, 0.717) is 0 Å². The second kappa shape index (κ2) is 20.0. The minimum Gasteiger partial charge on any atom is -0.481 e. The van der Waals surface area contributed by atoms with Crippen LogP contribution in [0.25, 0.3) is 0 Å². The Kier molecular flexibility index (Phi) is 23.1. The minimum absolute atomic E-state index is 0.278. The molecular weight excluding hydrogens is 392 g/mol. The lowest BCUT2D eigenvalue weighted by molar-refractivity contribution is -0.144. The maximum Gasteiger partial charge on any atom is 0.321 e. The largest absolute Gasteiger partial charge is 0.481 e. The van der Waals surface area contributed by atoms with Gasteiger partial charge in [-0.3, -0.25) is 28.8 Å². The van der Waals surface area contributed by atoms with Gasteiger partial charge in [-0.1, -0.05) is 0 Å². The van der Waals surface area contributed by atoms with E-state index in [1.165, 1.54) is 0 Å². The van der Waals surface area contributed by atoms with Gasteiger partial charge in [-0.25, -0.2) is 0 Å². The molecule has 28 heavy (non-hydrogen) atoms. The van der Waals surface area contributed by atoms with Gasteiger partial charge in [0.25, 0.3) is 0 Å². The number of rotatable bonds is 8. The zero-order valence-corrected chi connectivity index (χ0v) is 14.4. The molecule has 0 radical (unpaired) electrons. The van der Waals surface area contributed by atoms with Gasteiger partial charge >= 0.3 is 35.8 Å². The molecule has 16 nitrogen and oxygen atoms in total. The maximum absolute atomic E-state index is 9.85. The fourth-order valence-corrected chi connectivity index (χ4v) is 0.551. The molecule has 0 fully saturated rings. The molecule has 0 rings (SSSR count). The first-order chi connectivity index (χ1) is 12.6. The van der Waals surface area contributed by atoms with Crippen LogP contribution in [0.4, 0.5) is 0 Å². The van der Waals surface area contributed by atoms with E-state index in [1.807, 2.05) is 0 Å². The molecule has 0 spiro atoms. The summed E-state index contributed by atoms with van der Waals surface area (Å²) in [4.78, 5) is 57.7. The van der Waals surface area contributed by atoms with E-state index in [1.54, 1.807) is 0 Å². The molecule has 164 valence electrons. The Balaban J connectivity index is -0.000000143. The van der Waals surface area contributed by atoms with Crippen LogP contribution in [0.3, 0.4) is 0 Å². The van der Waals surface area contributed by atoms with Crippen molar-refractivity contribution in [1.29, 1.82) is 0 Å². The highest BCUT2D eigenvalue weighted by Gasteiger charge is 2.15. The predicted molar refractivity (Wildman–Crippen MR) is 89.1 cm³/mol. The van der Waals surface area contributed by atoms with E-state index in [0.717, 1.165) is 0 Å². The quantitative estimate of drug-likeness (QED) is 0.179. The molecule has 0 aliphatic rings. The van der Waals surface area contributed by atoms with Crippen molar-refractivity contribution >= 4 is 35.8 Å². The van der Waals surface area contributed by atoms with Crippen LogP contribution in [-0.4, -0.2) is 91.6 Å². The molecule has 0 aliphatic carbocycles. The van der Waals surface area contributed by atoms with Gasteiger partial charge in [-0.05, 0) is 0 Å². The smallest absolute Gasteiger partial charge is 0.321 e. The number of carboxylic acid groups (broad SMARTS) is 6. The van der Waals surface area contributed by atoms with Gasteiger partial charge in [-0.15, -0.1) is 0 Å². The summed E-state index contributed by atoms with van der Waals surface area (Å²) in [5.41, 5.74) is 18.8. The van der Waals surface area contributed by atoms with Gasteiger partial charge in [0, 0.05) is 0 Å². The zero-order valence-electron chi connectivity index (χ0n) is 14.4. The van der Waals surface area contributed by atoms with Crippen LogP contribution in [0, 0.1) is 0 Å². The molecule has 0 aromatic carbocycles. The van der Waals surface area contributed by atoms with Crippen molar-refractivity contribution in [2.24, 2.45) is 22.9 Å². The van der Waals surface area contributed by atoms with E-state index >= 15 is 0 Å². The van der Waals surface area contributed by atoms with E-state index in [2.05, 4.69) is 11.5 Å². The predicted octanol–water partition coefficient (Wildman–Crippen LogP) is -4.19. The lowest BCUT2D eigenvalue weighted by atomic mass is 10.2. The van der Waals surface area contributed by atoms with Crippen LogP contribution in [-0.2, 0) is 28.8 Å². The molecule has 0 saturated heterocycles. The summed E-state index contributed by atoms with van der Waals surface area (Å²) in [5.74, 6) is -6.93. The molecule has 0 aromatic heterocycles. The number of carboxylic acids is 6. The third kappa shape index (κ3) is 38.3. The Morgan fingerprint density at radius 1 is 0.536 bits per heavy atom. The second-order valence-electron chi connectivity index (χ2n) is 4.28. The highest BCUT2D eigenvalue weighted by atomic mass is 16.4. The molecule has 14 N–H and O–H groups in total. The SMILES string of the molecule is NC(CC(=O)O)C(=O)O.NC(CC(=O)O)C(=O)O.NCC(=O)O.NCC(=O)O. The average molecular weight is 416 g/mol. The lowest BCUT2D eigenvalue weighted by Gasteiger charge is -1.99. The van der Waals surface area contributed by atoms with Crippen LogP contribution >= 0.6 is 0 Å². The van der Waals surface area contributed by atoms with Crippen LogP contribution in [0.5, 0.6) is 0 Å². The molecule has 16 heteroatoms. The number of hydrogen-bond acceptors (Lipinski definition) is 10. The third-order valence-corrected chi connectivity index (χ3v) is 1.77. The van der Waals surface area contributed by atoms with E-state index in [9.17, 15) is 28.8 Å². The fraction of sp³-hybridized carbons (Fsp3) is 0.500. The number of nitrogens with two attached hydrogens (primary N) is 4. The van der Waals surface area contributed by atoms with E-state index in [4.69, 9.17) is 42.1 Å². The fourth-order valence-electron chi connectivity index (χ4n) is 0.551. The van der Waals surface area contributed by atoms with Crippen molar-refractivity contribution in [3.63, 3.8) is 0 Å². The molecule has 2 unspecified atom stereocenters. The molecular formula is C12H24N4O12. The Morgan fingerprint density at radius 3 is 0.750 bits per heavy atom. The first-order valence-electron chi connectivity index (χ1n) is 6.86. The summed E-state index contributed by atoms with van der Waals surface area (Å²) in [5, 5.41) is 47.3. The van der Waals surface area contributed by atoms with Crippen molar-refractivity contribution in [3.05, 3.63) is 0 Å². The molecule has 0 saturated carbocycles. The van der Waals surface area contributed by atoms with Crippen molar-refractivity contribution in [2.45, 2.75) is 24.9 Å². The van der Waals surface area contributed by atoms with Gasteiger partial charge in [0.1, 0.15) is 12.1 Å². The molecule has 0 heterocycles. The topological polar surface area (TPSA) is 328 Å².